The van der Waals surface area contributed by atoms with Gasteiger partial charge in [-0.05, 0) is 25.0 Å². The number of carbonyl (C=O) groups is 1. The second-order valence-corrected chi connectivity index (χ2v) is 6.30. The van der Waals surface area contributed by atoms with E-state index in [-0.39, 0.29) is 12.5 Å². The molecule has 0 radical (unpaired) electrons. The lowest BCUT2D eigenvalue weighted by molar-refractivity contribution is -0.0387. The number of β-amino-alcohol motifs (C(OH)–C–C–N with tert-alkyl or cyclic N) is 1. The summed E-state index contributed by atoms with van der Waals surface area (Å²) in [6, 6.07) is 3.66. The molecular formula is C16H18N6O2. The highest BCUT2D eigenvalue weighted by molar-refractivity contribution is 5.94. The Labute approximate surface area is 138 Å². The molecule has 0 aromatic carbocycles. The van der Waals surface area contributed by atoms with Crippen LogP contribution in [-0.4, -0.2) is 59.0 Å². The number of imidazole rings is 1. The van der Waals surface area contributed by atoms with Gasteiger partial charge in [0.2, 0.25) is 0 Å². The van der Waals surface area contributed by atoms with E-state index in [2.05, 4.69) is 15.3 Å². The van der Waals surface area contributed by atoms with Gasteiger partial charge in [0.15, 0.2) is 0 Å². The highest BCUT2D eigenvalue weighted by Crippen LogP contribution is 2.24. The van der Waals surface area contributed by atoms with Crippen molar-refractivity contribution in [2.24, 2.45) is 0 Å². The van der Waals surface area contributed by atoms with Crippen LogP contribution < -0.4 is 0 Å². The molecule has 1 amide bonds. The second kappa shape index (κ2) is 5.72. The first-order valence-corrected chi connectivity index (χ1v) is 7.90. The first-order valence-electron chi connectivity index (χ1n) is 7.90. The van der Waals surface area contributed by atoms with Crippen LogP contribution in [-0.2, 0) is 6.54 Å². The molecule has 4 rings (SSSR count). The van der Waals surface area contributed by atoms with Gasteiger partial charge in [-0.25, -0.2) is 9.67 Å². The molecule has 3 aromatic heterocycles. The number of rotatable bonds is 3. The molecule has 1 N–H and O–H groups in total. The van der Waals surface area contributed by atoms with Crippen LogP contribution in [0.4, 0.5) is 0 Å². The molecule has 0 spiro atoms. The quantitative estimate of drug-likeness (QED) is 0.761. The van der Waals surface area contributed by atoms with E-state index >= 15 is 0 Å². The van der Waals surface area contributed by atoms with Crippen molar-refractivity contribution < 1.29 is 9.90 Å². The summed E-state index contributed by atoms with van der Waals surface area (Å²) in [5.74, 6) is -0.0812. The molecule has 8 heteroatoms. The highest BCUT2D eigenvalue weighted by Gasteiger charge is 2.36. The SMILES string of the molecule is O=C(c1ccc2cncn2c1)N1CCCC(O)(Cn2ccnn2)C1. The van der Waals surface area contributed by atoms with E-state index < -0.39 is 5.60 Å². The van der Waals surface area contributed by atoms with Gasteiger partial charge in [-0.2, -0.15) is 0 Å². The fraction of sp³-hybridized carbons (Fsp3) is 0.375. The minimum absolute atomic E-state index is 0.0812. The van der Waals surface area contributed by atoms with Crippen LogP contribution in [0.25, 0.3) is 5.52 Å². The average Bonchev–Trinajstić information content (AvgIpc) is 3.24. The van der Waals surface area contributed by atoms with Gasteiger partial charge in [0.1, 0.15) is 5.60 Å². The molecule has 1 unspecified atom stereocenters. The maximum atomic E-state index is 12.8. The third-order valence-corrected chi connectivity index (χ3v) is 4.43. The molecule has 8 nitrogen and oxygen atoms in total. The zero-order chi connectivity index (χ0) is 16.6. The Morgan fingerprint density at radius 2 is 2.29 bits per heavy atom. The number of hydrogen-bond acceptors (Lipinski definition) is 5. The normalized spacial score (nSPS) is 21.3. The van der Waals surface area contributed by atoms with Crippen LogP contribution in [0.3, 0.4) is 0 Å². The van der Waals surface area contributed by atoms with Gasteiger partial charge in [-0.3, -0.25) is 4.79 Å². The summed E-state index contributed by atoms with van der Waals surface area (Å²) >= 11 is 0. The topological polar surface area (TPSA) is 88.5 Å². The summed E-state index contributed by atoms with van der Waals surface area (Å²) in [5, 5.41) is 18.5. The molecule has 124 valence electrons. The van der Waals surface area contributed by atoms with Gasteiger partial charge in [0.05, 0.1) is 42.9 Å². The number of aromatic nitrogens is 5. The molecule has 4 heterocycles. The predicted octanol–water partition coefficient (Wildman–Crippen LogP) is 0.593. The van der Waals surface area contributed by atoms with Crippen molar-refractivity contribution in [3.05, 3.63) is 48.8 Å². The van der Waals surface area contributed by atoms with E-state index in [1.165, 1.54) is 0 Å². The van der Waals surface area contributed by atoms with Crippen LogP contribution in [0.15, 0.2) is 43.2 Å². The molecule has 1 fully saturated rings. The predicted molar refractivity (Wildman–Crippen MR) is 85.3 cm³/mol. The summed E-state index contributed by atoms with van der Waals surface area (Å²) in [7, 11) is 0. The Hall–Kier alpha value is -2.74. The Morgan fingerprint density at radius 1 is 1.38 bits per heavy atom. The maximum Gasteiger partial charge on any atom is 0.255 e. The van der Waals surface area contributed by atoms with Crippen molar-refractivity contribution in [3.63, 3.8) is 0 Å². The van der Waals surface area contributed by atoms with Crippen molar-refractivity contribution in [1.29, 1.82) is 0 Å². The fourth-order valence-electron chi connectivity index (χ4n) is 3.26. The number of likely N-dealkylation sites (tertiary alicyclic amines) is 1. The lowest BCUT2D eigenvalue weighted by Gasteiger charge is -2.39. The summed E-state index contributed by atoms with van der Waals surface area (Å²) in [6.45, 7) is 1.26. The summed E-state index contributed by atoms with van der Waals surface area (Å²) in [6.07, 6.45) is 9.87. The first-order chi connectivity index (χ1) is 11.6. The zero-order valence-corrected chi connectivity index (χ0v) is 13.1. The highest BCUT2D eigenvalue weighted by atomic mass is 16.3. The number of amides is 1. The first kappa shape index (κ1) is 14.8. The maximum absolute atomic E-state index is 12.8. The molecule has 24 heavy (non-hydrogen) atoms. The van der Waals surface area contributed by atoms with E-state index in [0.29, 0.717) is 25.1 Å². The van der Waals surface area contributed by atoms with E-state index in [0.717, 1.165) is 11.9 Å². The molecule has 1 aliphatic rings. The number of aliphatic hydroxyl groups is 1. The zero-order valence-electron chi connectivity index (χ0n) is 13.1. The number of hydrogen-bond donors (Lipinski definition) is 1. The number of piperidine rings is 1. The molecule has 3 aromatic rings. The molecule has 1 saturated heterocycles. The molecule has 1 aliphatic heterocycles. The number of pyridine rings is 1. The van der Waals surface area contributed by atoms with Crippen molar-refractivity contribution in [3.8, 4) is 0 Å². The summed E-state index contributed by atoms with van der Waals surface area (Å²) < 4.78 is 3.42. The van der Waals surface area contributed by atoms with Gasteiger partial charge in [0, 0.05) is 18.9 Å². The monoisotopic (exact) mass is 326 g/mol. The fourth-order valence-corrected chi connectivity index (χ4v) is 3.26. The van der Waals surface area contributed by atoms with Crippen LogP contribution in [0.2, 0.25) is 0 Å². The van der Waals surface area contributed by atoms with Crippen LogP contribution in [0.1, 0.15) is 23.2 Å². The second-order valence-electron chi connectivity index (χ2n) is 6.30. The Bertz CT molecular complexity index is 858. The number of nitrogens with zero attached hydrogens (tertiary/aromatic N) is 6. The number of carbonyl (C=O) groups excluding carboxylic acids is 1. The lowest BCUT2D eigenvalue weighted by Crippen LogP contribution is -2.52. The third kappa shape index (κ3) is 2.76. The smallest absolute Gasteiger partial charge is 0.255 e. The standard InChI is InChI=1S/C16H18N6O2/c23-15(13-2-3-14-8-17-12-21(14)9-13)20-6-1-4-16(24,10-20)11-22-7-5-18-19-22/h2-3,5,7-9,12,24H,1,4,6,10-11H2. The lowest BCUT2D eigenvalue weighted by atomic mass is 9.92. The Morgan fingerprint density at radius 3 is 3.12 bits per heavy atom. The van der Waals surface area contributed by atoms with Crippen molar-refractivity contribution in [1.82, 2.24) is 29.3 Å². The van der Waals surface area contributed by atoms with Crippen LogP contribution >= 0.6 is 0 Å². The minimum Gasteiger partial charge on any atom is -0.386 e. The molecule has 0 aliphatic carbocycles. The van der Waals surface area contributed by atoms with E-state index in [1.54, 1.807) is 46.8 Å². The molecule has 0 saturated carbocycles. The largest absolute Gasteiger partial charge is 0.386 e. The van der Waals surface area contributed by atoms with Gasteiger partial charge in [-0.1, -0.05) is 5.21 Å². The van der Waals surface area contributed by atoms with Crippen molar-refractivity contribution in [2.75, 3.05) is 13.1 Å². The van der Waals surface area contributed by atoms with Crippen molar-refractivity contribution >= 4 is 11.4 Å². The van der Waals surface area contributed by atoms with Crippen molar-refractivity contribution in [2.45, 2.75) is 25.0 Å². The van der Waals surface area contributed by atoms with E-state index in [9.17, 15) is 9.90 Å². The molecule has 1 atom stereocenters. The number of fused-ring (bicyclic) bond motifs is 1. The van der Waals surface area contributed by atoms with Crippen LogP contribution in [0.5, 0.6) is 0 Å². The van der Waals surface area contributed by atoms with E-state index in [4.69, 9.17) is 0 Å². The Balaban J connectivity index is 1.53. The average molecular weight is 326 g/mol. The Kier molecular flexibility index (Phi) is 3.53. The minimum atomic E-state index is -0.985. The van der Waals surface area contributed by atoms with Crippen LogP contribution in [0, 0.1) is 0 Å². The van der Waals surface area contributed by atoms with Gasteiger partial charge >= 0.3 is 0 Å². The molecule has 0 bridgehead atoms. The van der Waals surface area contributed by atoms with Gasteiger partial charge < -0.3 is 14.4 Å². The summed E-state index contributed by atoms with van der Waals surface area (Å²) in [5.41, 5.74) is 0.541. The summed E-state index contributed by atoms with van der Waals surface area (Å²) in [4.78, 5) is 18.6. The van der Waals surface area contributed by atoms with Gasteiger partial charge in [-0.15, -0.1) is 5.10 Å². The van der Waals surface area contributed by atoms with E-state index in [1.807, 2.05) is 10.5 Å². The molecular weight excluding hydrogens is 308 g/mol. The van der Waals surface area contributed by atoms with Gasteiger partial charge in [0.25, 0.3) is 5.91 Å². The third-order valence-electron chi connectivity index (χ3n) is 4.43.